The standard InChI is InChI=1S/C53H34N2O/c1-3-11-35(12-4-1)41-17-9-19-45(32-41)55(46-20-10-18-42(33-46)43-25-21-36-13-7-8-16-40(36)31-43)47-28-29-48-44(34-47)26-24-37-22-23-38-27-30-49-52(51(38)50(37)48)56-53(54-49)39-14-5-2-6-15-39/h1-34H. The van der Waals surface area contributed by atoms with Crippen molar-refractivity contribution < 1.29 is 4.42 Å². The summed E-state index contributed by atoms with van der Waals surface area (Å²) in [6.07, 6.45) is 0. The molecular formula is C53H34N2O. The molecule has 11 rings (SSSR count). The zero-order valence-electron chi connectivity index (χ0n) is 30.4. The normalized spacial score (nSPS) is 11.6. The second-order valence-corrected chi connectivity index (χ2v) is 14.4. The van der Waals surface area contributed by atoms with Crippen LogP contribution in [-0.2, 0) is 0 Å². The highest BCUT2D eigenvalue weighted by molar-refractivity contribution is 6.26. The van der Waals surface area contributed by atoms with E-state index < -0.39 is 0 Å². The maximum Gasteiger partial charge on any atom is 0.227 e. The number of hydrogen-bond acceptors (Lipinski definition) is 3. The molecule has 3 heteroatoms. The first-order valence-electron chi connectivity index (χ1n) is 19.0. The highest BCUT2D eigenvalue weighted by atomic mass is 16.3. The summed E-state index contributed by atoms with van der Waals surface area (Å²) in [6, 6.07) is 73.7. The lowest BCUT2D eigenvalue weighted by Crippen LogP contribution is -2.10. The number of nitrogens with zero attached hydrogens (tertiary/aromatic N) is 2. The largest absolute Gasteiger partial charge is 0.435 e. The SMILES string of the molecule is c1ccc(-c2cccc(N(c3cccc(-c4ccc5ccccc5c4)c3)c3ccc4c(ccc5ccc6ccc7nc(-c8ccccc8)oc7c6c54)c3)c2)cc1. The number of oxazole rings is 1. The van der Waals surface area contributed by atoms with Gasteiger partial charge >= 0.3 is 0 Å². The molecule has 0 radical (unpaired) electrons. The fourth-order valence-electron chi connectivity index (χ4n) is 8.27. The van der Waals surface area contributed by atoms with Crippen molar-refractivity contribution in [2.45, 2.75) is 0 Å². The van der Waals surface area contributed by atoms with Crippen molar-refractivity contribution in [2.75, 3.05) is 4.90 Å². The van der Waals surface area contributed by atoms with Gasteiger partial charge in [0.2, 0.25) is 5.89 Å². The Hall–Kier alpha value is -7.49. The highest BCUT2D eigenvalue weighted by Gasteiger charge is 2.18. The van der Waals surface area contributed by atoms with E-state index in [-0.39, 0.29) is 0 Å². The third kappa shape index (κ3) is 5.49. The molecule has 0 saturated carbocycles. The number of benzene rings is 10. The Balaban J connectivity index is 1.10. The first kappa shape index (κ1) is 32.0. The maximum absolute atomic E-state index is 6.60. The van der Waals surface area contributed by atoms with Gasteiger partial charge in [0.1, 0.15) is 5.52 Å². The average molecular weight is 715 g/mol. The Morgan fingerprint density at radius 1 is 0.339 bits per heavy atom. The highest BCUT2D eigenvalue weighted by Crippen LogP contribution is 2.43. The van der Waals surface area contributed by atoms with Crippen molar-refractivity contribution in [1.82, 2.24) is 4.98 Å². The molecule has 0 aliphatic rings. The van der Waals surface area contributed by atoms with Crippen LogP contribution in [0.15, 0.2) is 211 Å². The molecule has 262 valence electrons. The van der Waals surface area contributed by atoms with E-state index in [1.54, 1.807) is 0 Å². The molecule has 0 saturated heterocycles. The fourth-order valence-corrected chi connectivity index (χ4v) is 8.27. The van der Waals surface area contributed by atoms with Gasteiger partial charge in [-0.3, -0.25) is 0 Å². The lowest BCUT2D eigenvalue weighted by Gasteiger charge is -2.27. The van der Waals surface area contributed by atoms with Crippen LogP contribution in [-0.4, -0.2) is 4.98 Å². The summed E-state index contributed by atoms with van der Waals surface area (Å²) in [4.78, 5) is 7.30. The lowest BCUT2D eigenvalue weighted by molar-refractivity contribution is 0.623. The molecule has 3 nitrogen and oxygen atoms in total. The maximum atomic E-state index is 6.60. The summed E-state index contributed by atoms with van der Waals surface area (Å²) in [5, 5.41) is 9.34. The van der Waals surface area contributed by atoms with E-state index in [2.05, 4.69) is 181 Å². The predicted molar refractivity (Wildman–Crippen MR) is 235 cm³/mol. The van der Waals surface area contributed by atoms with E-state index in [1.807, 2.05) is 30.3 Å². The number of hydrogen-bond donors (Lipinski definition) is 0. The van der Waals surface area contributed by atoms with Gasteiger partial charge in [-0.1, -0.05) is 146 Å². The lowest BCUT2D eigenvalue weighted by atomic mass is 9.95. The van der Waals surface area contributed by atoms with Gasteiger partial charge in [-0.15, -0.1) is 0 Å². The molecule has 0 bridgehead atoms. The molecule has 11 aromatic rings. The van der Waals surface area contributed by atoms with Crippen molar-refractivity contribution >= 4 is 71.3 Å². The molecule has 0 atom stereocenters. The van der Waals surface area contributed by atoms with E-state index in [4.69, 9.17) is 9.40 Å². The van der Waals surface area contributed by atoms with Crippen molar-refractivity contribution in [3.8, 4) is 33.7 Å². The van der Waals surface area contributed by atoms with Gasteiger partial charge in [-0.05, 0) is 115 Å². The number of anilines is 3. The molecule has 1 heterocycles. The van der Waals surface area contributed by atoms with E-state index in [1.165, 1.54) is 49.2 Å². The second-order valence-electron chi connectivity index (χ2n) is 14.4. The van der Waals surface area contributed by atoms with Crippen LogP contribution in [0, 0.1) is 0 Å². The van der Waals surface area contributed by atoms with Gasteiger partial charge in [-0.25, -0.2) is 4.98 Å². The Bertz CT molecular complexity index is 3260. The molecular weight excluding hydrogens is 681 g/mol. The van der Waals surface area contributed by atoms with Crippen LogP contribution >= 0.6 is 0 Å². The van der Waals surface area contributed by atoms with Gasteiger partial charge in [-0.2, -0.15) is 0 Å². The molecule has 56 heavy (non-hydrogen) atoms. The van der Waals surface area contributed by atoms with Crippen LogP contribution in [0.2, 0.25) is 0 Å². The zero-order chi connectivity index (χ0) is 37.0. The van der Waals surface area contributed by atoms with E-state index in [9.17, 15) is 0 Å². The molecule has 0 amide bonds. The zero-order valence-corrected chi connectivity index (χ0v) is 30.4. The van der Waals surface area contributed by atoms with Crippen LogP contribution < -0.4 is 4.90 Å². The van der Waals surface area contributed by atoms with Crippen molar-refractivity contribution in [2.24, 2.45) is 0 Å². The minimum Gasteiger partial charge on any atom is -0.435 e. The van der Waals surface area contributed by atoms with Gasteiger partial charge in [0.25, 0.3) is 0 Å². The minimum absolute atomic E-state index is 0.631. The summed E-state index contributed by atoms with van der Waals surface area (Å²) in [5.74, 6) is 0.631. The van der Waals surface area contributed by atoms with Crippen LogP contribution in [0.1, 0.15) is 0 Å². The third-order valence-corrected chi connectivity index (χ3v) is 11.0. The van der Waals surface area contributed by atoms with Crippen molar-refractivity contribution in [3.05, 3.63) is 206 Å². The quantitative estimate of drug-likeness (QED) is 0.161. The Morgan fingerprint density at radius 2 is 0.893 bits per heavy atom. The monoisotopic (exact) mass is 714 g/mol. The van der Waals surface area contributed by atoms with Gasteiger partial charge in [0.05, 0.1) is 0 Å². The second kappa shape index (κ2) is 13.1. The number of rotatable bonds is 6. The molecule has 0 aliphatic carbocycles. The Labute approximate surface area is 324 Å². The van der Waals surface area contributed by atoms with E-state index >= 15 is 0 Å². The van der Waals surface area contributed by atoms with Gasteiger partial charge in [0, 0.05) is 33.4 Å². The Kier molecular flexibility index (Phi) is 7.49. The van der Waals surface area contributed by atoms with Gasteiger partial charge in [0.15, 0.2) is 5.58 Å². The first-order chi connectivity index (χ1) is 27.7. The molecule has 1 aromatic heterocycles. The van der Waals surface area contributed by atoms with Crippen LogP contribution in [0.3, 0.4) is 0 Å². The summed E-state index contributed by atoms with van der Waals surface area (Å²) < 4.78 is 6.60. The van der Waals surface area contributed by atoms with Gasteiger partial charge < -0.3 is 9.32 Å². The van der Waals surface area contributed by atoms with Crippen LogP contribution in [0.4, 0.5) is 17.1 Å². The topological polar surface area (TPSA) is 29.3 Å². The molecule has 0 fully saturated rings. The van der Waals surface area contributed by atoms with E-state index in [0.717, 1.165) is 49.9 Å². The van der Waals surface area contributed by atoms with Crippen molar-refractivity contribution in [1.29, 1.82) is 0 Å². The predicted octanol–water partition coefficient (Wildman–Crippen LogP) is 14.9. The number of fused-ring (bicyclic) bond motifs is 8. The molecule has 10 aromatic carbocycles. The molecule has 0 spiro atoms. The van der Waals surface area contributed by atoms with Crippen molar-refractivity contribution in [3.63, 3.8) is 0 Å². The minimum atomic E-state index is 0.631. The summed E-state index contributed by atoms with van der Waals surface area (Å²) in [6.45, 7) is 0. The first-order valence-corrected chi connectivity index (χ1v) is 19.0. The molecule has 0 unspecified atom stereocenters. The van der Waals surface area contributed by atoms with E-state index in [0.29, 0.717) is 5.89 Å². The summed E-state index contributed by atoms with van der Waals surface area (Å²) >= 11 is 0. The Morgan fingerprint density at radius 3 is 1.64 bits per heavy atom. The fraction of sp³-hybridized carbons (Fsp3) is 0. The third-order valence-electron chi connectivity index (χ3n) is 11.0. The molecule has 0 aliphatic heterocycles. The molecule has 0 N–H and O–H groups in total. The van der Waals surface area contributed by atoms with Crippen LogP contribution in [0.25, 0.3) is 87.9 Å². The summed E-state index contributed by atoms with van der Waals surface area (Å²) in [7, 11) is 0. The smallest absolute Gasteiger partial charge is 0.227 e. The summed E-state index contributed by atoms with van der Waals surface area (Å²) in [5.41, 5.74) is 10.6. The number of aromatic nitrogens is 1. The van der Waals surface area contributed by atoms with Crippen LogP contribution in [0.5, 0.6) is 0 Å². The average Bonchev–Trinajstić information content (AvgIpc) is 3.72.